The third-order valence-electron chi connectivity index (χ3n) is 9.84. The SMILES string of the molecule is CC1C(=O)O[C@H]2[C@H](O)[C@@]34C5C[C@@H](C(C)(C)C)C36[C@@H](OC(=O)[C@@H]6OCC(=O)O)O[C@@]4(C(=O)O5)[C@@]12O.CCCC.CCN. The fourth-order valence-corrected chi connectivity index (χ4v) is 8.45. The van der Waals surface area contributed by atoms with Gasteiger partial charge in [0, 0.05) is 0 Å². The van der Waals surface area contributed by atoms with E-state index in [1.165, 1.54) is 19.8 Å². The summed E-state index contributed by atoms with van der Waals surface area (Å²) in [4.78, 5) is 50.5. The number of carbonyl (C=O) groups is 4. The van der Waals surface area contributed by atoms with Crippen LogP contribution in [-0.4, -0.2) is 94.3 Å². The average molecular weight is 586 g/mol. The average Bonchev–Trinajstić information content (AvgIpc) is 3.60. The Labute approximate surface area is 239 Å². The van der Waals surface area contributed by atoms with Gasteiger partial charge in [0.15, 0.2) is 17.8 Å². The van der Waals surface area contributed by atoms with E-state index in [0.717, 1.165) is 6.54 Å². The first-order valence-corrected chi connectivity index (χ1v) is 14.3. The van der Waals surface area contributed by atoms with Crippen molar-refractivity contribution in [3.05, 3.63) is 0 Å². The molecule has 0 bridgehead atoms. The maximum atomic E-state index is 13.6. The minimum absolute atomic E-state index is 0.169. The summed E-state index contributed by atoms with van der Waals surface area (Å²) in [6, 6.07) is 0. The third kappa shape index (κ3) is 3.46. The first-order valence-electron chi connectivity index (χ1n) is 14.3. The zero-order chi connectivity index (χ0) is 30.9. The highest BCUT2D eigenvalue weighted by Gasteiger charge is 3.04. The van der Waals surface area contributed by atoms with Gasteiger partial charge in [0.25, 0.3) is 0 Å². The topological polar surface area (TPSA) is 201 Å². The van der Waals surface area contributed by atoms with E-state index in [4.69, 9.17) is 29.4 Å². The van der Waals surface area contributed by atoms with Crippen LogP contribution in [0.2, 0.25) is 0 Å². The molecule has 4 heterocycles. The second-order valence-electron chi connectivity index (χ2n) is 12.8. The molecule has 0 aromatic heterocycles. The van der Waals surface area contributed by atoms with Crippen LogP contribution in [0.15, 0.2) is 0 Å². The predicted octanol–water partition coefficient (Wildman–Crippen LogP) is 0.511. The standard InChI is InChI=1S/C22H26O12.C4H10.C2H7N/c1-7-14(26)32-12-11(25)20-9-5-8(18(2,3)4)19(20)13(30-6-10(23)24)15(27)33-17(19)34-22(20,16(28)31-9)21(7,12)29;1-3-4-2;1-2-3/h7-9,11-13,17,25,29H,5-6H2,1-4H3,(H,23,24);3-4H2,1-2H3;2-3H2,1H3/t7?,8-,9?,11-,12-,13-,17-,19?,20-,21+,22+;;/m0../s1. The summed E-state index contributed by atoms with van der Waals surface area (Å²) in [7, 11) is 0. The Morgan fingerprint density at radius 2 is 1.66 bits per heavy atom. The molecule has 5 N–H and O–H groups in total. The highest BCUT2D eigenvalue weighted by Crippen LogP contribution is 2.84. The Balaban J connectivity index is 0.000000502. The van der Waals surface area contributed by atoms with Crippen molar-refractivity contribution in [3.63, 3.8) is 0 Å². The number of aliphatic carboxylic acids is 1. The van der Waals surface area contributed by atoms with Crippen molar-refractivity contribution in [1.82, 2.24) is 0 Å². The Bertz CT molecular complexity index is 1100. The van der Waals surface area contributed by atoms with Crippen molar-refractivity contribution in [3.8, 4) is 0 Å². The molecular weight excluding hydrogens is 542 g/mol. The number of carboxylic acid groups (broad SMARTS) is 1. The number of aliphatic hydroxyl groups is 2. The summed E-state index contributed by atoms with van der Waals surface area (Å²) in [6.07, 6.45) is -4.44. The first kappa shape index (κ1) is 31.6. The molecule has 0 aromatic carbocycles. The second-order valence-corrected chi connectivity index (χ2v) is 12.8. The molecule has 6 aliphatic rings. The van der Waals surface area contributed by atoms with Crippen LogP contribution in [0.25, 0.3) is 0 Å². The molecule has 11 atom stereocenters. The van der Waals surface area contributed by atoms with Crippen LogP contribution < -0.4 is 5.73 Å². The van der Waals surface area contributed by atoms with Crippen LogP contribution in [0.1, 0.15) is 67.7 Å². The molecule has 13 heteroatoms. The number of ether oxygens (including phenoxy) is 5. The molecule has 6 rings (SSSR count). The van der Waals surface area contributed by atoms with Crippen LogP contribution in [0.3, 0.4) is 0 Å². The predicted molar refractivity (Wildman–Crippen MR) is 139 cm³/mol. The molecule has 6 fully saturated rings. The van der Waals surface area contributed by atoms with Crippen molar-refractivity contribution in [2.75, 3.05) is 13.2 Å². The van der Waals surface area contributed by atoms with Gasteiger partial charge in [-0.15, -0.1) is 0 Å². The van der Waals surface area contributed by atoms with Crippen LogP contribution in [-0.2, 0) is 42.9 Å². The zero-order valence-electron chi connectivity index (χ0n) is 24.7. The molecule has 2 aliphatic carbocycles. The highest BCUT2D eigenvalue weighted by atomic mass is 16.8. The lowest BCUT2D eigenvalue weighted by Gasteiger charge is -2.48. The summed E-state index contributed by atoms with van der Waals surface area (Å²) < 4.78 is 28.5. The molecule has 0 radical (unpaired) electrons. The summed E-state index contributed by atoms with van der Waals surface area (Å²) in [6.45, 7) is 13.2. The van der Waals surface area contributed by atoms with Crippen LogP contribution in [0, 0.1) is 28.1 Å². The molecule has 4 saturated heterocycles. The molecule has 13 nitrogen and oxygen atoms in total. The number of fused-ring (bicyclic) bond motifs is 1. The molecule has 2 spiro atoms. The maximum absolute atomic E-state index is 13.6. The van der Waals surface area contributed by atoms with Crippen molar-refractivity contribution in [1.29, 1.82) is 0 Å². The Morgan fingerprint density at radius 3 is 2.17 bits per heavy atom. The van der Waals surface area contributed by atoms with E-state index in [-0.39, 0.29) is 6.42 Å². The number of aliphatic hydroxyl groups excluding tert-OH is 1. The van der Waals surface area contributed by atoms with Crippen molar-refractivity contribution >= 4 is 23.9 Å². The van der Waals surface area contributed by atoms with Gasteiger partial charge in [-0.3, -0.25) is 4.79 Å². The van der Waals surface area contributed by atoms with Gasteiger partial charge in [-0.2, -0.15) is 0 Å². The van der Waals surface area contributed by atoms with E-state index in [1.54, 1.807) is 0 Å². The van der Waals surface area contributed by atoms with Crippen molar-refractivity contribution < 1.29 is 58.2 Å². The molecule has 0 aromatic rings. The number of esters is 3. The Hall–Kier alpha value is -2.32. The minimum atomic E-state index is -2.32. The van der Waals surface area contributed by atoms with Crippen LogP contribution in [0.4, 0.5) is 0 Å². The zero-order valence-corrected chi connectivity index (χ0v) is 24.7. The van der Waals surface area contributed by atoms with E-state index in [2.05, 4.69) is 13.8 Å². The fourth-order valence-electron chi connectivity index (χ4n) is 8.45. The van der Waals surface area contributed by atoms with Crippen molar-refractivity contribution in [2.24, 2.45) is 33.8 Å². The monoisotopic (exact) mass is 585 g/mol. The molecule has 3 unspecified atom stereocenters. The van der Waals surface area contributed by atoms with E-state index >= 15 is 0 Å². The number of hydrogen-bond donors (Lipinski definition) is 4. The Kier molecular flexibility index (Phi) is 7.82. The Morgan fingerprint density at radius 1 is 1.07 bits per heavy atom. The normalized spacial score (nSPS) is 46.2. The summed E-state index contributed by atoms with van der Waals surface area (Å²) in [5, 5.41) is 33.1. The smallest absolute Gasteiger partial charge is 0.343 e. The van der Waals surface area contributed by atoms with E-state index in [0.29, 0.717) is 0 Å². The van der Waals surface area contributed by atoms with Gasteiger partial charge in [-0.1, -0.05) is 54.4 Å². The van der Waals surface area contributed by atoms with E-state index in [9.17, 15) is 34.5 Å². The largest absolute Gasteiger partial charge is 0.480 e. The van der Waals surface area contributed by atoms with Gasteiger partial charge in [-0.25, -0.2) is 14.4 Å². The molecule has 0 amide bonds. The molecule has 2 saturated carbocycles. The number of hydrogen-bond acceptors (Lipinski definition) is 12. The van der Waals surface area contributed by atoms with Gasteiger partial charge in [0.05, 0.1) is 16.7 Å². The lowest BCUT2D eigenvalue weighted by molar-refractivity contribution is -0.240. The number of carbonyl (C=O) groups excluding carboxylic acids is 3. The van der Waals surface area contributed by atoms with Gasteiger partial charge in [0.1, 0.15) is 18.8 Å². The second kappa shape index (κ2) is 10.1. The van der Waals surface area contributed by atoms with E-state index in [1.807, 2.05) is 27.7 Å². The van der Waals surface area contributed by atoms with Gasteiger partial charge < -0.3 is 44.7 Å². The van der Waals surface area contributed by atoms with Gasteiger partial charge >= 0.3 is 23.9 Å². The van der Waals surface area contributed by atoms with Gasteiger partial charge in [0.2, 0.25) is 11.9 Å². The van der Waals surface area contributed by atoms with Crippen LogP contribution >= 0.6 is 0 Å². The number of unbranched alkanes of at least 4 members (excludes halogenated alkanes) is 1. The summed E-state index contributed by atoms with van der Waals surface area (Å²) in [5.74, 6) is -5.84. The van der Waals surface area contributed by atoms with Crippen molar-refractivity contribution in [2.45, 2.75) is 110 Å². The minimum Gasteiger partial charge on any atom is -0.480 e. The first-order chi connectivity index (χ1) is 19.1. The molecule has 4 aliphatic heterocycles. The quantitative estimate of drug-likeness (QED) is 0.263. The van der Waals surface area contributed by atoms with Gasteiger partial charge in [-0.05, 0) is 31.2 Å². The molecular formula is C28H43NO12. The third-order valence-corrected chi connectivity index (χ3v) is 9.84. The van der Waals surface area contributed by atoms with Crippen LogP contribution in [0.5, 0.6) is 0 Å². The lowest BCUT2D eigenvalue weighted by atomic mass is 9.51. The highest BCUT2D eigenvalue weighted by molar-refractivity contribution is 5.94. The summed E-state index contributed by atoms with van der Waals surface area (Å²) in [5.41, 5.74) is -3.77. The van der Waals surface area contributed by atoms with E-state index < -0.39 is 100 Å². The fraction of sp³-hybridized carbons (Fsp3) is 0.857. The molecule has 232 valence electrons. The summed E-state index contributed by atoms with van der Waals surface area (Å²) >= 11 is 0. The lowest BCUT2D eigenvalue weighted by Crippen LogP contribution is -2.67. The number of nitrogens with two attached hydrogens (primary N) is 1. The molecule has 41 heavy (non-hydrogen) atoms. The maximum Gasteiger partial charge on any atom is 0.343 e. The number of carboxylic acids is 1. The number of rotatable bonds is 4.